The molecule has 0 saturated heterocycles. The molecule has 62 valence electrons. The highest BCUT2D eigenvalue weighted by molar-refractivity contribution is 6.35. The number of benzene rings is 1. The van der Waals surface area contributed by atoms with Crippen LogP contribution < -0.4 is 0 Å². The SMILES string of the molecule is CCc1[nH]nc2c(Cl)cccc12. The van der Waals surface area contributed by atoms with Crippen molar-refractivity contribution >= 4 is 22.5 Å². The van der Waals surface area contributed by atoms with Crippen LogP contribution in [0.2, 0.25) is 5.02 Å². The van der Waals surface area contributed by atoms with Crippen molar-refractivity contribution in [2.45, 2.75) is 13.3 Å². The highest BCUT2D eigenvalue weighted by Crippen LogP contribution is 2.23. The van der Waals surface area contributed by atoms with Crippen molar-refractivity contribution in [1.82, 2.24) is 10.2 Å². The summed E-state index contributed by atoms with van der Waals surface area (Å²) in [6.45, 7) is 2.09. The quantitative estimate of drug-likeness (QED) is 0.719. The van der Waals surface area contributed by atoms with E-state index in [1.165, 1.54) is 0 Å². The Morgan fingerprint density at radius 1 is 1.50 bits per heavy atom. The number of hydrogen-bond donors (Lipinski definition) is 1. The van der Waals surface area contributed by atoms with E-state index in [1.807, 2.05) is 18.2 Å². The first-order valence-electron chi connectivity index (χ1n) is 3.94. The summed E-state index contributed by atoms with van der Waals surface area (Å²) in [4.78, 5) is 0. The molecule has 0 aliphatic rings. The van der Waals surface area contributed by atoms with Gasteiger partial charge in [0.15, 0.2) is 0 Å². The van der Waals surface area contributed by atoms with E-state index < -0.39 is 0 Å². The Bertz CT molecular complexity index is 406. The van der Waals surface area contributed by atoms with Gasteiger partial charge < -0.3 is 0 Å². The predicted octanol–water partition coefficient (Wildman–Crippen LogP) is 2.78. The zero-order valence-electron chi connectivity index (χ0n) is 6.76. The number of para-hydroxylation sites is 1. The van der Waals surface area contributed by atoms with E-state index in [-0.39, 0.29) is 0 Å². The van der Waals surface area contributed by atoms with Gasteiger partial charge in [0.25, 0.3) is 0 Å². The smallest absolute Gasteiger partial charge is 0.111 e. The molecule has 2 nitrogen and oxygen atoms in total. The van der Waals surface area contributed by atoms with Crippen LogP contribution >= 0.6 is 11.6 Å². The van der Waals surface area contributed by atoms with Crippen molar-refractivity contribution in [3.05, 3.63) is 28.9 Å². The Hall–Kier alpha value is -1.02. The van der Waals surface area contributed by atoms with Gasteiger partial charge in [-0.2, -0.15) is 5.10 Å². The first-order valence-corrected chi connectivity index (χ1v) is 4.32. The largest absolute Gasteiger partial charge is 0.281 e. The Balaban J connectivity index is 2.80. The number of aryl methyl sites for hydroxylation is 1. The minimum atomic E-state index is 0.712. The lowest BCUT2D eigenvalue weighted by Crippen LogP contribution is -1.78. The molecule has 1 heterocycles. The number of fused-ring (bicyclic) bond motifs is 1. The zero-order chi connectivity index (χ0) is 8.55. The maximum atomic E-state index is 5.94. The fraction of sp³-hybridized carbons (Fsp3) is 0.222. The molecule has 0 aliphatic heterocycles. The average Bonchev–Trinajstić information content (AvgIpc) is 2.49. The lowest BCUT2D eigenvalue weighted by molar-refractivity contribution is 0.988. The monoisotopic (exact) mass is 180 g/mol. The van der Waals surface area contributed by atoms with Gasteiger partial charge in [0, 0.05) is 11.1 Å². The average molecular weight is 181 g/mol. The number of hydrogen-bond acceptors (Lipinski definition) is 1. The normalized spacial score (nSPS) is 10.8. The summed E-state index contributed by atoms with van der Waals surface area (Å²) in [5.74, 6) is 0. The minimum absolute atomic E-state index is 0.712. The number of H-pyrrole nitrogens is 1. The van der Waals surface area contributed by atoms with Crippen LogP contribution in [-0.2, 0) is 6.42 Å². The van der Waals surface area contributed by atoms with E-state index in [4.69, 9.17) is 11.6 Å². The third-order valence-electron chi connectivity index (χ3n) is 1.97. The Morgan fingerprint density at radius 3 is 3.08 bits per heavy atom. The van der Waals surface area contributed by atoms with Crippen LogP contribution in [0.25, 0.3) is 10.9 Å². The molecular weight excluding hydrogens is 172 g/mol. The third kappa shape index (κ3) is 0.994. The first-order chi connectivity index (χ1) is 5.83. The summed E-state index contributed by atoms with van der Waals surface area (Å²) in [7, 11) is 0. The number of nitrogens with zero attached hydrogens (tertiary/aromatic N) is 1. The molecule has 0 fully saturated rings. The molecule has 1 aromatic heterocycles. The molecule has 0 aliphatic carbocycles. The molecule has 0 bridgehead atoms. The van der Waals surface area contributed by atoms with Crippen molar-refractivity contribution in [2.75, 3.05) is 0 Å². The molecule has 12 heavy (non-hydrogen) atoms. The Morgan fingerprint density at radius 2 is 2.33 bits per heavy atom. The van der Waals surface area contributed by atoms with E-state index in [9.17, 15) is 0 Å². The summed E-state index contributed by atoms with van der Waals surface area (Å²) in [6, 6.07) is 5.83. The fourth-order valence-electron chi connectivity index (χ4n) is 1.33. The summed E-state index contributed by atoms with van der Waals surface area (Å²) >= 11 is 5.94. The number of aromatic nitrogens is 2. The standard InChI is InChI=1S/C9H9ClN2/c1-2-8-6-4-3-5-7(10)9(6)12-11-8/h3-5H,2H2,1H3,(H,11,12). The van der Waals surface area contributed by atoms with E-state index in [0.717, 1.165) is 23.0 Å². The Labute approximate surface area is 75.5 Å². The first kappa shape index (κ1) is 7.62. The molecule has 0 atom stereocenters. The molecule has 2 rings (SSSR count). The highest BCUT2D eigenvalue weighted by atomic mass is 35.5. The van der Waals surface area contributed by atoms with Crippen molar-refractivity contribution < 1.29 is 0 Å². The molecule has 1 aromatic carbocycles. The number of nitrogens with one attached hydrogen (secondary N) is 1. The fourth-order valence-corrected chi connectivity index (χ4v) is 1.54. The molecule has 0 radical (unpaired) electrons. The van der Waals surface area contributed by atoms with Gasteiger partial charge in [-0.25, -0.2) is 0 Å². The van der Waals surface area contributed by atoms with Gasteiger partial charge in [-0.15, -0.1) is 0 Å². The van der Waals surface area contributed by atoms with Gasteiger partial charge in [0.1, 0.15) is 5.52 Å². The topological polar surface area (TPSA) is 28.7 Å². The molecule has 0 amide bonds. The van der Waals surface area contributed by atoms with Gasteiger partial charge >= 0.3 is 0 Å². The van der Waals surface area contributed by atoms with Crippen molar-refractivity contribution in [3.63, 3.8) is 0 Å². The second kappa shape index (κ2) is 2.79. The van der Waals surface area contributed by atoms with Crippen LogP contribution in [0, 0.1) is 0 Å². The second-order valence-corrected chi connectivity index (χ2v) is 3.10. The van der Waals surface area contributed by atoms with Gasteiger partial charge in [-0.05, 0) is 12.5 Å². The van der Waals surface area contributed by atoms with Gasteiger partial charge in [-0.1, -0.05) is 30.7 Å². The number of aromatic amines is 1. The number of rotatable bonds is 1. The van der Waals surface area contributed by atoms with Crippen molar-refractivity contribution in [1.29, 1.82) is 0 Å². The second-order valence-electron chi connectivity index (χ2n) is 2.69. The van der Waals surface area contributed by atoms with E-state index >= 15 is 0 Å². The van der Waals surface area contributed by atoms with Crippen LogP contribution in [-0.4, -0.2) is 10.2 Å². The molecule has 3 heteroatoms. The van der Waals surface area contributed by atoms with Crippen LogP contribution in [0.1, 0.15) is 12.6 Å². The predicted molar refractivity (Wildman–Crippen MR) is 50.5 cm³/mol. The molecule has 0 unspecified atom stereocenters. The molecule has 2 aromatic rings. The summed E-state index contributed by atoms with van der Waals surface area (Å²) in [5, 5.41) is 8.94. The van der Waals surface area contributed by atoms with Crippen LogP contribution in [0.15, 0.2) is 18.2 Å². The number of halogens is 1. The highest BCUT2D eigenvalue weighted by Gasteiger charge is 2.04. The van der Waals surface area contributed by atoms with Crippen LogP contribution in [0.4, 0.5) is 0 Å². The lowest BCUT2D eigenvalue weighted by atomic mass is 10.2. The maximum absolute atomic E-state index is 5.94. The van der Waals surface area contributed by atoms with E-state index in [1.54, 1.807) is 0 Å². The molecule has 1 N–H and O–H groups in total. The third-order valence-corrected chi connectivity index (χ3v) is 2.27. The Kier molecular flexibility index (Phi) is 1.77. The van der Waals surface area contributed by atoms with E-state index in [0.29, 0.717) is 5.02 Å². The summed E-state index contributed by atoms with van der Waals surface area (Å²) < 4.78 is 0. The van der Waals surface area contributed by atoms with Crippen LogP contribution in [0.5, 0.6) is 0 Å². The lowest BCUT2D eigenvalue weighted by Gasteiger charge is -1.92. The minimum Gasteiger partial charge on any atom is -0.281 e. The maximum Gasteiger partial charge on any atom is 0.111 e. The molecular formula is C9H9ClN2. The molecule has 0 spiro atoms. The van der Waals surface area contributed by atoms with Crippen molar-refractivity contribution in [3.8, 4) is 0 Å². The molecule has 0 saturated carbocycles. The van der Waals surface area contributed by atoms with Gasteiger partial charge in [0.05, 0.1) is 5.02 Å². The summed E-state index contributed by atoms with van der Waals surface area (Å²) in [5.41, 5.74) is 2.02. The van der Waals surface area contributed by atoms with Crippen LogP contribution in [0.3, 0.4) is 0 Å². The van der Waals surface area contributed by atoms with Crippen molar-refractivity contribution in [2.24, 2.45) is 0 Å². The summed E-state index contributed by atoms with van der Waals surface area (Å²) in [6.07, 6.45) is 0.955. The van der Waals surface area contributed by atoms with E-state index in [2.05, 4.69) is 17.1 Å². The van der Waals surface area contributed by atoms with Gasteiger partial charge in [0.2, 0.25) is 0 Å². The van der Waals surface area contributed by atoms with Gasteiger partial charge in [-0.3, -0.25) is 5.10 Å². The zero-order valence-corrected chi connectivity index (χ0v) is 7.52.